The van der Waals surface area contributed by atoms with Crippen molar-refractivity contribution >= 4 is 21.8 Å². The molecule has 1 atom stereocenters. The molecule has 2 fully saturated rings. The molecule has 2 nitrogen and oxygen atoms in total. The molecule has 0 aromatic rings. The van der Waals surface area contributed by atoms with Crippen LogP contribution in [0.15, 0.2) is 0 Å². The van der Waals surface area contributed by atoms with E-state index in [-0.39, 0.29) is 0 Å². The molecule has 0 radical (unpaired) electrons. The maximum atomic E-state index is 12.2. The highest BCUT2D eigenvalue weighted by Crippen LogP contribution is 2.29. The highest BCUT2D eigenvalue weighted by atomic mass is 79.9. The van der Waals surface area contributed by atoms with Crippen molar-refractivity contribution in [1.29, 1.82) is 0 Å². The predicted molar refractivity (Wildman–Crippen MR) is 83.5 cm³/mol. The molecule has 2 aliphatic rings. The van der Waals surface area contributed by atoms with E-state index in [1.54, 1.807) is 0 Å². The molecule has 1 unspecified atom stereocenters. The van der Waals surface area contributed by atoms with E-state index in [4.69, 9.17) is 0 Å². The van der Waals surface area contributed by atoms with E-state index in [1.165, 1.54) is 44.9 Å². The Labute approximate surface area is 126 Å². The van der Waals surface area contributed by atoms with Crippen molar-refractivity contribution in [2.75, 3.05) is 13.1 Å². The van der Waals surface area contributed by atoms with Crippen LogP contribution in [-0.2, 0) is 4.79 Å². The lowest BCUT2D eigenvalue weighted by atomic mass is 9.86. The Kier molecular flexibility index (Phi) is 6.18. The smallest absolute Gasteiger partial charge is 0.222 e. The van der Waals surface area contributed by atoms with Gasteiger partial charge in [-0.15, -0.1) is 0 Å². The lowest BCUT2D eigenvalue weighted by molar-refractivity contribution is -0.132. The fourth-order valence-electron chi connectivity index (χ4n) is 3.57. The standard InChI is InChI=1S/C16H28BrNO/c1-13(17)15-9-11-18(12-10-15)16(19)8-7-14-5-3-2-4-6-14/h13-15H,2-12H2,1H3. The van der Waals surface area contributed by atoms with Gasteiger partial charge in [-0.3, -0.25) is 4.79 Å². The summed E-state index contributed by atoms with van der Waals surface area (Å²) < 4.78 is 0. The highest BCUT2D eigenvalue weighted by molar-refractivity contribution is 9.09. The maximum Gasteiger partial charge on any atom is 0.222 e. The number of likely N-dealkylation sites (tertiary alicyclic amines) is 1. The summed E-state index contributed by atoms with van der Waals surface area (Å²) in [5.41, 5.74) is 0. The molecule has 3 heteroatoms. The van der Waals surface area contributed by atoms with Gasteiger partial charge in [0, 0.05) is 24.3 Å². The van der Waals surface area contributed by atoms with Crippen LogP contribution in [0.2, 0.25) is 0 Å². The van der Waals surface area contributed by atoms with E-state index in [1.807, 2.05) is 0 Å². The number of hydrogen-bond donors (Lipinski definition) is 0. The van der Waals surface area contributed by atoms with Crippen molar-refractivity contribution in [3.8, 4) is 0 Å². The second-order valence-electron chi connectivity index (χ2n) is 6.44. The number of carbonyl (C=O) groups is 1. The number of halogens is 1. The molecule has 0 spiro atoms. The van der Waals surface area contributed by atoms with Crippen LogP contribution in [0.3, 0.4) is 0 Å². The zero-order chi connectivity index (χ0) is 13.7. The Morgan fingerprint density at radius 3 is 2.37 bits per heavy atom. The van der Waals surface area contributed by atoms with Crippen molar-refractivity contribution in [1.82, 2.24) is 4.90 Å². The quantitative estimate of drug-likeness (QED) is 0.701. The summed E-state index contributed by atoms with van der Waals surface area (Å²) in [7, 11) is 0. The summed E-state index contributed by atoms with van der Waals surface area (Å²) in [6, 6.07) is 0. The number of carbonyl (C=O) groups excluding carboxylic acids is 1. The third-order valence-corrected chi connectivity index (χ3v) is 5.78. The molecule has 110 valence electrons. The van der Waals surface area contributed by atoms with E-state index in [9.17, 15) is 4.79 Å². The van der Waals surface area contributed by atoms with Crippen molar-refractivity contribution in [3.05, 3.63) is 0 Å². The molecular formula is C16H28BrNO. The van der Waals surface area contributed by atoms with Crippen LogP contribution >= 0.6 is 15.9 Å². The molecule has 1 saturated carbocycles. The number of alkyl halides is 1. The largest absolute Gasteiger partial charge is 0.343 e. The van der Waals surface area contributed by atoms with Crippen LogP contribution in [0.4, 0.5) is 0 Å². The summed E-state index contributed by atoms with van der Waals surface area (Å²) in [5, 5.41) is 0. The Bertz CT molecular complexity index is 278. The van der Waals surface area contributed by atoms with Gasteiger partial charge in [-0.1, -0.05) is 55.0 Å². The summed E-state index contributed by atoms with van der Waals surface area (Å²) in [4.78, 5) is 14.9. The third kappa shape index (κ3) is 4.77. The fourth-order valence-corrected chi connectivity index (χ4v) is 4.10. The average Bonchev–Trinajstić information content (AvgIpc) is 2.46. The lowest BCUT2D eigenvalue weighted by Crippen LogP contribution is -2.40. The van der Waals surface area contributed by atoms with Crippen molar-refractivity contribution in [2.24, 2.45) is 11.8 Å². The fraction of sp³-hybridized carbons (Fsp3) is 0.938. The molecular weight excluding hydrogens is 302 g/mol. The monoisotopic (exact) mass is 329 g/mol. The molecule has 0 bridgehead atoms. The van der Waals surface area contributed by atoms with Gasteiger partial charge in [0.2, 0.25) is 5.91 Å². The summed E-state index contributed by atoms with van der Waals surface area (Å²) in [5.74, 6) is 1.99. The number of amides is 1. The van der Waals surface area contributed by atoms with Gasteiger partial charge in [-0.25, -0.2) is 0 Å². The minimum Gasteiger partial charge on any atom is -0.343 e. The molecule has 1 aliphatic heterocycles. The molecule has 2 rings (SSSR count). The van der Waals surface area contributed by atoms with Crippen LogP contribution in [0.5, 0.6) is 0 Å². The van der Waals surface area contributed by atoms with E-state index in [0.29, 0.717) is 10.7 Å². The molecule has 1 amide bonds. The Balaban J connectivity index is 1.66. The summed E-state index contributed by atoms with van der Waals surface area (Å²) >= 11 is 3.67. The van der Waals surface area contributed by atoms with Crippen molar-refractivity contribution in [3.63, 3.8) is 0 Å². The van der Waals surface area contributed by atoms with Crippen LogP contribution < -0.4 is 0 Å². The number of nitrogens with zero attached hydrogens (tertiary/aromatic N) is 1. The number of rotatable bonds is 4. The molecule has 0 aromatic carbocycles. The second kappa shape index (κ2) is 7.66. The van der Waals surface area contributed by atoms with Gasteiger partial charge in [-0.2, -0.15) is 0 Å². The summed E-state index contributed by atoms with van der Waals surface area (Å²) in [6.07, 6.45) is 11.1. The second-order valence-corrected chi connectivity index (χ2v) is 7.88. The molecule has 0 aromatic heterocycles. The molecule has 1 saturated heterocycles. The van der Waals surface area contributed by atoms with Crippen molar-refractivity contribution in [2.45, 2.75) is 69.5 Å². The molecule has 0 N–H and O–H groups in total. The third-order valence-electron chi connectivity index (χ3n) is 5.03. The first-order chi connectivity index (χ1) is 9.16. The Morgan fingerprint density at radius 1 is 1.16 bits per heavy atom. The average molecular weight is 330 g/mol. The SMILES string of the molecule is CC(Br)C1CCN(C(=O)CCC2CCCCC2)CC1. The molecule has 1 heterocycles. The van der Waals surface area contributed by atoms with Gasteiger partial charge in [0.05, 0.1) is 0 Å². The van der Waals surface area contributed by atoms with Gasteiger partial charge >= 0.3 is 0 Å². The number of hydrogen-bond acceptors (Lipinski definition) is 1. The first-order valence-electron chi connectivity index (χ1n) is 8.08. The van der Waals surface area contributed by atoms with Gasteiger partial charge in [0.25, 0.3) is 0 Å². The van der Waals surface area contributed by atoms with Crippen LogP contribution in [0.1, 0.15) is 64.7 Å². The Hall–Kier alpha value is -0.0500. The first kappa shape index (κ1) is 15.3. The van der Waals surface area contributed by atoms with Crippen LogP contribution in [0, 0.1) is 11.8 Å². The van der Waals surface area contributed by atoms with Gasteiger partial charge in [0.1, 0.15) is 0 Å². The minimum absolute atomic E-state index is 0.409. The Morgan fingerprint density at radius 2 is 1.79 bits per heavy atom. The van der Waals surface area contributed by atoms with Gasteiger partial charge in [0.15, 0.2) is 0 Å². The predicted octanol–water partition coefficient (Wildman–Crippen LogP) is 4.37. The summed E-state index contributed by atoms with van der Waals surface area (Å²) in [6.45, 7) is 4.18. The van der Waals surface area contributed by atoms with E-state index in [0.717, 1.165) is 37.8 Å². The van der Waals surface area contributed by atoms with E-state index < -0.39 is 0 Å². The zero-order valence-electron chi connectivity index (χ0n) is 12.2. The molecule has 1 aliphatic carbocycles. The normalized spacial score (nSPS) is 24.4. The van der Waals surface area contributed by atoms with Crippen molar-refractivity contribution < 1.29 is 4.79 Å². The van der Waals surface area contributed by atoms with Crippen LogP contribution in [0.25, 0.3) is 0 Å². The van der Waals surface area contributed by atoms with Gasteiger partial charge < -0.3 is 4.90 Å². The molecule has 19 heavy (non-hydrogen) atoms. The van der Waals surface area contributed by atoms with E-state index in [2.05, 4.69) is 27.8 Å². The highest BCUT2D eigenvalue weighted by Gasteiger charge is 2.25. The minimum atomic E-state index is 0.409. The van der Waals surface area contributed by atoms with Crippen LogP contribution in [-0.4, -0.2) is 28.7 Å². The topological polar surface area (TPSA) is 20.3 Å². The maximum absolute atomic E-state index is 12.2. The zero-order valence-corrected chi connectivity index (χ0v) is 13.8. The number of piperidine rings is 1. The van der Waals surface area contributed by atoms with Gasteiger partial charge in [-0.05, 0) is 31.1 Å². The van der Waals surface area contributed by atoms with E-state index >= 15 is 0 Å². The first-order valence-corrected chi connectivity index (χ1v) is 9.00. The lowest BCUT2D eigenvalue weighted by Gasteiger charge is -2.33.